The highest BCUT2D eigenvalue weighted by atomic mass is 16.4. The molecule has 1 aliphatic heterocycles. The predicted molar refractivity (Wildman–Crippen MR) is 72.9 cm³/mol. The van der Waals surface area contributed by atoms with Crippen LogP contribution in [0.1, 0.15) is 32.6 Å². The fourth-order valence-corrected chi connectivity index (χ4v) is 2.28. The molecule has 0 radical (unpaired) electrons. The molecule has 1 rings (SSSR count). The lowest BCUT2D eigenvalue weighted by atomic mass is 9.97. The smallest absolute Gasteiger partial charge is 0.314 e. The summed E-state index contributed by atoms with van der Waals surface area (Å²) in [5.74, 6) is -1.51. The van der Waals surface area contributed by atoms with Crippen molar-refractivity contribution in [3.8, 4) is 0 Å². The van der Waals surface area contributed by atoms with E-state index >= 15 is 0 Å². The lowest BCUT2D eigenvalue weighted by Crippen LogP contribution is -2.47. The van der Waals surface area contributed by atoms with Crippen molar-refractivity contribution in [1.29, 1.82) is 0 Å². The summed E-state index contributed by atoms with van der Waals surface area (Å²) in [7, 11) is 0. The standard InChI is InChI=1S/C13H23N3O4/c1-9(12(18)19)4-2-6-15-11(17)10-5-3-7-16(8-10)13(14)20/h9-10H,2-8H2,1H3,(H2,14,20)(H,15,17)(H,18,19). The second-order valence-corrected chi connectivity index (χ2v) is 5.30. The third-order valence-corrected chi connectivity index (χ3v) is 3.64. The van der Waals surface area contributed by atoms with Gasteiger partial charge in [-0.2, -0.15) is 0 Å². The zero-order valence-electron chi connectivity index (χ0n) is 11.8. The number of hydrogen-bond acceptors (Lipinski definition) is 3. The van der Waals surface area contributed by atoms with Crippen molar-refractivity contribution in [1.82, 2.24) is 10.2 Å². The summed E-state index contributed by atoms with van der Waals surface area (Å²) in [4.78, 5) is 35.1. The molecule has 4 N–H and O–H groups in total. The van der Waals surface area contributed by atoms with Gasteiger partial charge >= 0.3 is 12.0 Å². The summed E-state index contributed by atoms with van der Waals surface area (Å²) < 4.78 is 0. The van der Waals surface area contributed by atoms with E-state index in [2.05, 4.69) is 5.32 Å². The highest BCUT2D eigenvalue weighted by Gasteiger charge is 2.27. The van der Waals surface area contributed by atoms with Gasteiger partial charge in [-0.25, -0.2) is 4.79 Å². The number of urea groups is 1. The molecule has 7 heteroatoms. The summed E-state index contributed by atoms with van der Waals surface area (Å²) in [5, 5.41) is 11.5. The largest absolute Gasteiger partial charge is 0.481 e. The maximum Gasteiger partial charge on any atom is 0.314 e. The van der Waals surface area contributed by atoms with Crippen molar-refractivity contribution >= 4 is 17.9 Å². The Labute approximate surface area is 118 Å². The van der Waals surface area contributed by atoms with Crippen molar-refractivity contribution in [3.63, 3.8) is 0 Å². The van der Waals surface area contributed by atoms with E-state index in [4.69, 9.17) is 10.8 Å². The number of amides is 3. The van der Waals surface area contributed by atoms with Crippen molar-refractivity contribution in [2.45, 2.75) is 32.6 Å². The Kier molecular flexibility index (Phi) is 6.27. The number of hydrogen-bond donors (Lipinski definition) is 3. The first-order valence-corrected chi connectivity index (χ1v) is 6.96. The molecule has 0 bridgehead atoms. The van der Waals surface area contributed by atoms with Gasteiger partial charge in [-0.05, 0) is 25.7 Å². The van der Waals surface area contributed by atoms with Gasteiger partial charge in [-0.15, -0.1) is 0 Å². The minimum atomic E-state index is -0.819. The van der Waals surface area contributed by atoms with Gasteiger partial charge < -0.3 is 21.1 Å². The monoisotopic (exact) mass is 285 g/mol. The van der Waals surface area contributed by atoms with Crippen LogP contribution in [0.3, 0.4) is 0 Å². The number of carbonyl (C=O) groups excluding carboxylic acids is 2. The van der Waals surface area contributed by atoms with Crippen molar-refractivity contribution in [2.75, 3.05) is 19.6 Å². The molecule has 0 saturated carbocycles. The quantitative estimate of drug-likeness (QED) is 0.613. The molecule has 0 aliphatic carbocycles. The van der Waals surface area contributed by atoms with Gasteiger partial charge in [0.2, 0.25) is 5.91 Å². The first-order chi connectivity index (χ1) is 9.41. The van der Waals surface area contributed by atoms with Gasteiger partial charge in [0.25, 0.3) is 0 Å². The van der Waals surface area contributed by atoms with E-state index in [-0.39, 0.29) is 11.8 Å². The van der Waals surface area contributed by atoms with Crippen LogP contribution in [0.15, 0.2) is 0 Å². The van der Waals surface area contributed by atoms with Crippen LogP contribution in [0.25, 0.3) is 0 Å². The molecule has 1 fully saturated rings. The molecule has 3 amide bonds. The number of nitrogens with two attached hydrogens (primary N) is 1. The Morgan fingerprint density at radius 3 is 2.75 bits per heavy atom. The van der Waals surface area contributed by atoms with Crippen LogP contribution in [-0.2, 0) is 9.59 Å². The minimum Gasteiger partial charge on any atom is -0.481 e. The Hall–Kier alpha value is -1.79. The molecule has 0 aromatic rings. The second-order valence-electron chi connectivity index (χ2n) is 5.30. The van der Waals surface area contributed by atoms with Crippen LogP contribution < -0.4 is 11.1 Å². The average Bonchev–Trinajstić information content (AvgIpc) is 2.43. The fraction of sp³-hybridized carbons (Fsp3) is 0.769. The molecule has 1 aliphatic rings. The molecule has 20 heavy (non-hydrogen) atoms. The third kappa shape index (κ3) is 5.07. The maximum absolute atomic E-state index is 11.9. The van der Waals surface area contributed by atoms with Crippen molar-refractivity contribution in [2.24, 2.45) is 17.6 Å². The first-order valence-electron chi connectivity index (χ1n) is 6.96. The summed E-state index contributed by atoms with van der Waals surface area (Å²) in [6.07, 6.45) is 2.69. The molecule has 0 spiro atoms. The average molecular weight is 285 g/mol. The maximum atomic E-state index is 11.9. The molecule has 2 atom stereocenters. The molecule has 1 saturated heterocycles. The number of nitrogens with one attached hydrogen (secondary N) is 1. The van der Waals surface area contributed by atoms with Crippen LogP contribution in [0, 0.1) is 11.8 Å². The van der Waals surface area contributed by atoms with E-state index in [0.717, 1.165) is 12.8 Å². The summed E-state index contributed by atoms with van der Waals surface area (Å²) >= 11 is 0. The Bertz CT molecular complexity index is 373. The fourth-order valence-electron chi connectivity index (χ4n) is 2.28. The number of carbonyl (C=O) groups is 3. The van der Waals surface area contributed by atoms with Crippen LogP contribution in [0.4, 0.5) is 4.79 Å². The van der Waals surface area contributed by atoms with E-state index in [1.165, 1.54) is 4.90 Å². The molecule has 0 aromatic heterocycles. The molecule has 114 valence electrons. The van der Waals surface area contributed by atoms with Crippen molar-refractivity contribution < 1.29 is 19.5 Å². The lowest BCUT2D eigenvalue weighted by molar-refractivity contribution is -0.141. The zero-order valence-corrected chi connectivity index (χ0v) is 11.8. The van der Waals surface area contributed by atoms with Crippen LogP contribution in [0.2, 0.25) is 0 Å². The van der Waals surface area contributed by atoms with Gasteiger partial charge in [-0.1, -0.05) is 6.92 Å². The summed E-state index contributed by atoms with van der Waals surface area (Å²) in [5.41, 5.74) is 5.21. The van der Waals surface area contributed by atoms with Gasteiger partial charge in [0.1, 0.15) is 0 Å². The molecule has 1 heterocycles. The topological polar surface area (TPSA) is 113 Å². The Balaban J connectivity index is 2.25. The predicted octanol–water partition coefficient (Wildman–Crippen LogP) is 0.394. The van der Waals surface area contributed by atoms with Gasteiger partial charge in [0.05, 0.1) is 11.8 Å². The van der Waals surface area contributed by atoms with Gasteiger partial charge in [-0.3, -0.25) is 9.59 Å². The van der Waals surface area contributed by atoms with E-state index in [9.17, 15) is 14.4 Å². The molecule has 7 nitrogen and oxygen atoms in total. The number of carboxylic acids is 1. The normalized spacial score (nSPS) is 20.2. The number of rotatable bonds is 6. The third-order valence-electron chi connectivity index (χ3n) is 3.64. The number of aliphatic carboxylic acids is 1. The first kappa shape index (κ1) is 16.3. The lowest BCUT2D eigenvalue weighted by Gasteiger charge is -2.30. The van der Waals surface area contributed by atoms with Crippen LogP contribution in [-0.4, -0.2) is 47.5 Å². The van der Waals surface area contributed by atoms with E-state index in [1.807, 2.05) is 0 Å². The minimum absolute atomic E-state index is 0.0843. The zero-order chi connectivity index (χ0) is 15.1. The van der Waals surface area contributed by atoms with E-state index in [1.54, 1.807) is 6.92 Å². The Morgan fingerprint density at radius 1 is 1.45 bits per heavy atom. The van der Waals surface area contributed by atoms with Crippen molar-refractivity contribution in [3.05, 3.63) is 0 Å². The highest BCUT2D eigenvalue weighted by Crippen LogP contribution is 2.16. The molecule has 0 aromatic carbocycles. The molecular formula is C13H23N3O4. The number of nitrogens with zero attached hydrogens (tertiary/aromatic N) is 1. The SMILES string of the molecule is CC(CCCNC(=O)C1CCCN(C(N)=O)C1)C(=O)O. The summed E-state index contributed by atoms with van der Waals surface area (Å²) in [6.45, 7) is 3.08. The Morgan fingerprint density at radius 2 is 2.15 bits per heavy atom. The van der Waals surface area contributed by atoms with Crippen LogP contribution >= 0.6 is 0 Å². The van der Waals surface area contributed by atoms with E-state index in [0.29, 0.717) is 32.5 Å². The molecular weight excluding hydrogens is 262 g/mol. The second kappa shape index (κ2) is 7.72. The highest BCUT2D eigenvalue weighted by molar-refractivity contribution is 5.80. The summed E-state index contributed by atoms with van der Waals surface area (Å²) in [6, 6.07) is -0.488. The number of piperidine rings is 1. The number of likely N-dealkylation sites (tertiary alicyclic amines) is 1. The van der Waals surface area contributed by atoms with Gasteiger partial charge in [0.15, 0.2) is 0 Å². The van der Waals surface area contributed by atoms with Crippen LogP contribution in [0.5, 0.6) is 0 Å². The van der Waals surface area contributed by atoms with E-state index < -0.39 is 17.9 Å². The number of carboxylic acid groups (broad SMARTS) is 1. The molecule has 2 unspecified atom stereocenters. The van der Waals surface area contributed by atoms with Gasteiger partial charge in [0, 0.05) is 19.6 Å². The number of primary amides is 1.